The van der Waals surface area contributed by atoms with Gasteiger partial charge in [-0.2, -0.15) is 0 Å². The van der Waals surface area contributed by atoms with E-state index in [1.165, 1.54) is 32.5 Å². The van der Waals surface area contributed by atoms with Gasteiger partial charge in [0, 0.05) is 12.1 Å². The average molecular weight is 518 g/mol. The Labute approximate surface area is 223 Å². The fourth-order valence-electron chi connectivity index (χ4n) is 4.35. The first kappa shape index (κ1) is 26.9. The van der Waals surface area contributed by atoms with Crippen LogP contribution >= 0.6 is 0 Å². The molecule has 1 heterocycles. The van der Waals surface area contributed by atoms with Crippen LogP contribution in [0.15, 0.2) is 54.6 Å². The van der Waals surface area contributed by atoms with Gasteiger partial charge in [0.05, 0.1) is 45.5 Å². The minimum atomic E-state index is -0.260. The van der Waals surface area contributed by atoms with Gasteiger partial charge in [0.25, 0.3) is 5.91 Å². The summed E-state index contributed by atoms with van der Waals surface area (Å²) in [7, 11) is 4.57. The molecule has 0 spiro atoms. The van der Waals surface area contributed by atoms with Gasteiger partial charge in [-0.1, -0.05) is 18.2 Å². The molecule has 0 aliphatic heterocycles. The first-order valence-corrected chi connectivity index (χ1v) is 12.7. The largest absolute Gasteiger partial charge is 0.494 e. The molecule has 3 aromatic carbocycles. The molecule has 8 heteroatoms. The van der Waals surface area contributed by atoms with Crippen molar-refractivity contribution in [3.63, 3.8) is 0 Å². The Kier molecular flexibility index (Phi) is 8.73. The number of carbonyl (C=O) groups excluding carboxylic acids is 1. The Morgan fingerprint density at radius 2 is 1.63 bits per heavy atom. The van der Waals surface area contributed by atoms with E-state index in [-0.39, 0.29) is 12.5 Å². The van der Waals surface area contributed by atoms with Crippen LogP contribution in [0.2, 0.25) is 0 Å². The predicted octanol–water partition coefficient (Wildman–Crippen LogP) is 5.47. The third-order valence-electron chi connectivity index (χ3n) is 6.59. The second kappa shape index (κ2) is 12.4. The summed E-state index contributed by atoms with van der Waals surface area (Å²) in [6, 6.07) is 17.5. The molecular weight excluding hydrogens is 482 g/mol. The number of fused-ring (bicyclic) bond motifs is 1. The predicted molar refractivity (Wildman–Crippen MR) is 148 cm³/mol. The summed E-state index contributed by atoms with van der Waals surface area (Å²) in [5, 5.41) is 2.99. The van der Waals surface area contributed by atoms with Gasteiger partial charge in [0.1, 0.15) is 11.6 Å². The van der Waals surface area contributed by atoms with Crippen molar-refractivity contribution in [3.8, 4) is 23.0 Å². The van der Waals surface area contributed by atoms with Crippen molar-refractivity contribution >= 4 is 16.9 Å². The van der Waals surface area contributed by atoms with E-state index in [0.29, 0.717) is 29.4 Å². The van der Waals surface area contributed by atoms with Gasteiger partial charge in [-0.05, 0) is 74.2 Å². The normalized spacial score (nSPS) is 10.9. The SMILES string of the molecule is COc1cc(C(=O)NCc2nc3ccccc3n2CCCCOc2ccc(C)c(C)c2)cc(OC)c1OC. The van der Waals surface area contributed by atoms with Crippen LogP contribution in [0.1, 0.15) is 40.2 Å². The number of ether oxygens (including phenoxy) is 4. The van der Waals surface area contributed by atoms with Crippen LogP contribution in [0, 0.1) is 13.8 Å². The first-order valence-electron chi connectivity index (χ1n) is 12.7. The summed E-state index contributed by atoms with van der Waals surface area (Å²) in [4.78, 5) is 17.8. The molecular formula is C30H35N3O5. The molecule has 1 N–H and O–H groups in total. The monoisotopic (exact) mass is 517 g/mol. The topological polar surface area (TPSA) is 83.8 Å². The molecule has 4 rings (SSSR count). The van der Waals surface area contributed by atoms with Crippen LogP contribution in [0.5, 0.6) is 23.0 Å². The number of aromatic nitrogens is 2. The molecule has 0 unspecified atom stereocenters. The third-order valence-corrected chi connectivity index (χ3v) is 6.59. The lowest BCUT2D eigenvalue weighted by Gasteiger charge is -2.14. The minimum Gasteiger partial charge on any atom is -0.494 e. The molecule has 0 fully saturated rings. The van der Waals surface area contributed by atoms with Gasteiger partial charge in [0.15, 0.2) is 11.5 Å². The quantitative estimate of drug-likeness (QED) is 0.251. The maximum absolute atomic E-state index is 13.0. The molecule has 0 aliphatic carbocycles. The number of carbonyl (C=O) groups is 1. The van der Waals surface area contributed by atoms with E-state index in [0.717, 1.165) is 42.0 Å². The molecule has 0 aliphatic rings. The number of nitrogens with one attached hydrogen (secondary N) is 1. The zero-order valence-corrected chi connectivity index (χ0v) is 22.7. The van der Waals surface area contributed by atoms with Crippen LogP contribution < -0.4 is 24.3 Å². The third kappa shape index (κ3) is 6.02. The van der Waals surface area contributed by atoms with Gasteiger partial charge >= 0.3 is 0 Å². The number of hydrogen-bond donors (Lipinski definition) is 1. The summed E-state index contributed by atoms with van der Waals surface area (Å²) in [5.74, 6) is 2.72. The number of aryl methyl sites for hydroxylation is 3. The molecule has 200 valence electrons. The van der Waals surface area contributed by atoms with Crippen molar-refractivity contribution in [1.29, 1.82) is 0 Å². The van der Waals surface area contributed by atoms with Crippen molar-refractivity contribution in [2.24, 2.45) is 0 Å². The van der Waals surface area contributed by atoms with Gasteiger partial charge in [0.2, 0.25) is 5.75 Å². The fourth-order valence-corrected chi connectivity index (χ4v) is 4.35. The van der Waals surface area contributed by atoms with E-state index in [9.17, 15) is 4.79 Å². The van der Waals surface area contributed by atoms with E-state index in [1.54, 1.807) is 12.1 Å². The lowest BCUT2D eigenvalue weighted by atomic mass is 10.1. The molecule has 0 bridgehead atoms. The zero-order chi connectivity index (χ0) is 27.1. The maximum atomic E-state index is 13.0. The molecule has 8 nitrogen and oxygen atoms in total. The van der Waals surface area contributed by atoms with Gasteiger partial charge < -0.3 is 28.8 Å². The first-order chi connectivity index (χ1) is 18.4. The molecule has 38 heavy (non-hydrogen) atoms. The summed E-state index contributed by atoms with van der Waals surface area (Å²) in [5.41, 5.74) is 4.83. The maximum Gasteiger partial charge on any atom is 0.251 e. The number of nitrogens with zero attached hydrogens (tertiary/aromatic N) is 2. The second-order valence-electron chi connectivity index (χ2n) is 9.07. The summed E-state index contributed by atoms with van der Waals surface area (Å²) in [6.45, 7) is 5.88. The molecule has 1 aromatic heterocycles. The van der Waals surface area contributed by atoms with E-state index < -0.39 is 0 Å². The van der Waals surface area contributed by atoms with Crippen LogP contribution in [-0.4, -0.2) is 43.4 Å². The minimum absolute atomic E-state index is 0.260. The summed E-state index contributed by atoms with van der Waals surface area (Å²) >= 11 is 0. The molecule has 0 saturated heterocycles. The highest BCUT2D eigenvalue weighted by Crippen LogP contribution is 2.38. The Balaban J connectivity index is 1.42. The highest BCUT2D eigenvalue weighted by atomic mass is 16.5. The number of hydrogen-bond acceptors (Lipinski definition) is 6. The van der Waals surface area contributed by atoms with Crippen molar-refractivity contribution in [2.45, 2.75) is 39.8 Å². The van der Waals surface area contributed by atoms with Crippen molar-refractivity contribution in [2.75, 3.05) is 27.9 Å². The molecule has 0 radical (unpaired) electrons. The number of imidazole rings is 1. The van der Waals surface area contributed by atoms with E-state index in [1.807, 2.05) is 24.3 Å². The summed E-state index contributed by atoms with van der Waals surface area (Å²) < 4.78 is 24.2. The van der Waals surface area contributed by atoms with Crippen molar-refractivity contribution in [3.05, 3.63) is 77.1 Å². The summed E-state index contributed by atoms with van der Waals surface area (Å²) in [6.07, 6.45) is 1.82. The van der Waals surface area contributed by atoms with Crippen molar-refractivity contribution in [1.82, 2.24) is 14.9 Å². The molecule has 4 aromatic rings. The second-order valence-corrected chi connectivity index (χ2v) is 9.07. The average Bonchev–Trinajstić information content (AvgIpc) is 3.29. The number of amides is 1. The molecule has 1 amide bonds. The highest BCUT2D eigenvalue weighted by Gasteiger charge is 2.18. The van der Waals surface area contributed by atoms with Crippen LogP contribution in [0.4, 0.5) is 0 Å². The zero-order valence-electron chi connectivity index (χ0n) is 22.7. The number of para-hydroxylation sites is 2. The van der Waals surface area contributed by atoms with Crippen LogP contribution in [0.25, 0.3) is 11.0 Å². The van der Waals surface area contributed by atoms with Gasteiger partial charge in [-0.25, -0.2) is 4.98 Å². The van der Waals surface area contributed by atoms with Gasteiger partial charge in [-0.15, -0.1) is 0 Å². The lowest BCUT2D eigenvalue weighted by molar-refractivity contribution is 0.0948. The number of rotatable bonds is 12. The van der Waals surface area contributed by atoms with E-state index in [2.05, 4.69) is 41.9 Å². The molecule has 0 saturated carbocycles. The molecule has 0 atom stereocenters. The standard InChI is InChI=1S/C30H35N3O5/c1-20-12-13-23(16-21(20)2)38-15-9-8-14-33-25-11-7-6-10-24(25)32-28(33)19-31-30(34)22-17-26(35-3)29(37-5)27(18-22)36-4/h6-7,10-13,16-18H,8-9,14-15,19H2,1-5H3,(H,31,34). The Hall–Kier alpha value is -4.20. The Bertz CT molecular complexity index is 1390. The Morgan fingerprint density at radius 3 is 2.32 bits per heavy atom. The Morgan fingerprint density at radius 1 is 0.895 bits per heavy atom. The van der Waals surface area contributed by atoms with Crippen LogP contribution in [-0.2, 0) is 13.1 Å². The highest BCUT2D eigenvalue weighted by molar-refractivity contribution is 5.95. The number of unbranched alkanes of at least 4 members (excludes halogenated alkanes) is 1. The smallest absolute Gasteiger partial charge is 0.251 e. The van der Waals surface area contributed by atoms with Crippen molar-refractivity contribution < 1.29 is 23.7 Å². The van der Waals surface area contributed by atoms with Gasteiger partial charge in [-0.3, -0.25) is 4.79 Å². The van der Waals surface area contributed by atoms with E-state index in [4.69, 9.17) is 23.9 Å². The number of methoxy groups -OCH3 is 3. The number of benzene rings is 3. The lowest BCUT2D eigenvalue weighted by Crippen LogP contribution is -2.25. The van der Waals surface area contributed by atoms with Crippen LogP contribution in [0.3, 0.4) is 0 Å². The van der Waals surface area contributed by atoms with E-state index >= 15 is 0 Å². The fraction of sp³-hybridized carbons (Fsp3) is 0.333.